The molecule has 1 aromatic carbocycles. The lowest BCUT2D eigenvalue weighted by Gasteiger charge is -1.98. The Labute approximate surface area is 95.5 Å². The molecule has 0 saturated carbocycles. The Bertz CT molecular complexity index is 842. The molecule has 0 aliphatic carbocycles. The van der Waals surface area contributed by atoms with E-state index in [4.69, 9.17) is 8.83 Å². The maximum Gasteiger partial charge on any atom is 0.402 e. The number of hydrogen-bond acceptors (Lipinski definition) is 6. The fourth-order valence-corrected chi connectivity index (χ4v) is 1.56. The quantitative estimate of drug-likeness (QED) is 0.399. The SMILES string of the molecule is O=c1[nH]c2cc3[nH]c(=O)c(=O)oc3cc2oc1=O. The summed E-state index contributed by atoms with van der Waals surface area (Å²) in [5.41, 5.74) is -3.46. The number of aromatic nitrogens is 2. The summed E-state index contributed by atoms with van der Waals surface area (Å²) < 4.78 is 9.43. The first-order valence-corrected chi connectivity index (χ1v) is 4.79. The van der Waals surface area contributed by atoms with E-state index in [1.54, 1.807) is 0 Å². The van der Waals surface area contributed by atoms with Crippen molar-refractivity contribution in [3.05, 3.63) is 53.7 Å². The monoisotopic (exact) mass is 248 g/mol. The van der Waals surface area contributed by atoms with Gasteiger partial charge < -0.3 is 18.8 Å². The first-order valence-electron chi connectivity index (χ1n) is 4.79. The van der Waals surface area contributed by atoms with Gasteiger partial charge >= 0.3 is 22.4 Å². The van der Waals surface area contributed by atoms with Crippen LogP contribution in [-0.2, 0) is 0 Å². The summed E-state index contributed by atoms with van der Waals surface area (Å²) in [6.07, 6.45) is 0. The van der Waals surface area contributed by atoms with Crippen LogP contribution in [-0.4, -0.2) is 9.97 Å². The Kier molecular flexibility index (Phi) is 1.88. The fraction of sp³-hybridized carbons (Fsp3) is 0. The van der Waals surface area contributed by atoms with Gasteiger partial charge in [-0.05, 0) is 6.07 Å². The van der Waals surface area contributed by atoms with Crippen molar-refractivity contribution in [1.82, 2.24) is 9.97 Å². The van der Waals surface area contributed by atoms with Crippen molar-refractivity contribution in [2.45, 2.75) is 0 Å². The predicted molar refractivity (Wildman–Crippen MR) is 59.8 cm³/mol. The lowest BCUT2D eigenvalue weighted by Crippen LogP contribution is -2.26. The van der Waals surface area contributed by atoms with Crippen LogP contribution in [0.25, 0.3) is 22.2 Å². The Morgan fingerprint density at radius 1 is 0.722 bits per heavy atom. The molecule has 2 heterocycles. The second kappa shape index (κ2) is 3.29. The van der Waals surface area contributed by atoms with Gasteiger partial charge in [0, 0.05) is 6.07 Å². The van der Waals surface area contributed by atoms with Gasteiger partial charge in [-0.2, -0.15) is 0 Å². The molecule has 0 radical (unpaired) electrons. The Morgan fingerprint density at radius 2 is 1.17 bits per heavy atom. The zero-order valence-corrected chi connectivity index (χ0v) is 8.60. The second-order valence-electron chi connectivity index (χ2n) is 3.53. The van der Waals surface area contributed by atoms with Crippen LogP contribution < -0.4 is 22.4 Å². The summed E-state index contributed by atoms with van der Waals surface area (Å²) in [4.78, 5) is 48.8. The third kappa shape index (κ3) is 1.39. The van der Waals surface area contributed by atoms with Gasteiger partial charge in [0.1, 0.15) is 0 Å². The van der Waals surface area contributed by atoms with Crippen molar-refractivity contribution in [3.8, 4) is 0 Å². The number of fused-ring (bicyclic) bond motifs is 2. The molecule has 3 rings (SSSR count). The summed E-state index contributed by atoms with van der Waals surface area (Å²) in [6, 6.07) is 2.57. The van der Waals surface area contributed by atoms with Gasteiger partial charge in [0.15, 0.2) is 11.2 Å². The molecule has 0 unspecified atom stereocenters. The van der Waals surface area contributed by atoms with Crippen LogP contribution in [0.15, 0.2) is 40.1 Å². The maximum absolute atomic E-state index is 11.1. The molecule has 0 aliphatic heterocycles. The van der Waals surface area contributed by atoms with E-state index < -0.39 is 22.4 Å². The lowest BCUT2D eigenvalue weighted by atomic mass is 10.3. The van der Waals surface area contributed by atoms with Gasteiger partial charge in [-0.1, -0.05) is 0 Å². The standard InChI is InChI=1S/C10H4N2O6/c13-7-9(15)17-5-2-6-4(1-3(5)11-7)12-8(14)10(16)18-6/h1-2H,(H,11,13)(H,12,14). The van der Waals surface area contributed by atoms with Crippen LogP contribution in [0.2, 0.25) is 0 Å². The van der Waals surface area contributed by atoms with Gasteiger partial charge in [0.05, 0.1) is 11.0 Å². The Morgan fingerprint density at radius 3 is 1.61 bits per heavy atom. The van der Waals surface area contributed by atoms with Crippen molar-refractivity contribution < 1.29 is 8.83 Å². The highest BCUT2D eigenvalue weighted by atomic mass is 16.4. The number of aromatic amines is 2. The topological polar surface area (TPSA) is 126 Å². The minimum atomic E-state index is -1.06. The van der Waals surface area contributed by atoms with Crippen molar-refractivity contribution in [2.24, 2.45) is 0 Å². The summed E-state index contributed by atoms with van der Waals surface area (Å²) in [5, 5.41) is 0. The molecule has 0 aliphatic rings. The Hall–Kier alpha value is -2.90. The summed E-state index contributed by atoms with van der Waals surface area (Å²) in [5.74, 6) is 0. The van der Waals surface area contributed by atoms with Crippen LogP contribution in [0.5, 0.6) is 0 Å². The van der Waals surface area contributed by atoms with E-state index in [0.717, 1.165) is 0 Å². The van der Waals surface area contributed by atoms with E-state index in [1.807, 2.05) is 0 Å². The highest BCUT2D eigenvalue weighted by Crippen LogP contribution is 2.15. The van der Waals surface area contributed by atoms with Crippen molar-refractivity contribution >= 4 is 22.2 Å². The number of benzene rings is 1. The Balaban J connectivity index is 2.59. The van der Waals surface area contributed by atoms with Crippen molar-refractivity contribution in [2.75, 3.05) is 0 Å². The van der Waals surface area contributed by atoms with Gasteiger partial charge in [-0.3, -0.25) is 9.59 Å². The van der Waals surface area contributed by atoms with E-state index >= 15 is 0 Å². The molecule has 0 amide bonds. The van der Waals surface area contributed by atoms with Gasteiger partial charge in [0.2, 0.25) is 0 Å². The van der Waals surface area contributed by atoms with Crippen LogP contribution in [0.1, 0.15) is 0 Å². The maximum atomic E-state index is 11.1. The number of rotatable bonds is 0. The molecule has 0 spiro atoms. The van der Waals surface area contributed by atoms with E-state index in [0.29, 0.717) is 0 Å². The lowest BCUT2D eigenvalue weighted by molar-refractivity contribution is 0.534. The summed E-state index contributed by atoms with van der Waals surface area (Å²) in [7, 11) is 0. The first-order chi connectivity index (χ1) is 8.54. The summed E-state index contributed by atoms with van der Waals surface area (Å²) >= 11 is 0. The van der Waals surface area contributed by atoms with Gasteiger partial charge in [0.25, 0.3) is 0 Å². The molecule has 0 saturated heterocycles. The molecule has 18 heavy (non-hydrogen) atoms. The van der Waals surface area contributed by atoms with E-state index in [-0.39, 0.29) is 22.2 Å². The zero-order chi connectivity index (χ0) is 12.9. The molecule has 0 fully saturated rings. The predicted octanol–water partition coefficient (Wildman–Crippen LogP) is -0.724. The smallest absolute Gasteiger partial charge is 0.402 e. The van der Waals surface area contributed by atoms with E-state index in [1.165, 1.54) is 12.1 Å². The molecule has 2 N–H and O–H groups in total. The highest BCUT2D eigenvalue weighted by molar-refractivity contribution is 5.87. The fourth-order valence-electron chi connectivity index (χ4n) is 1.56. The number of nitrogens with one attached hydrogen (secondary N) is 2. The van der Waals surface area contributed by atoms with E-state index in [2.05, 4.69) is 9.97 Å². The van der Waals surface area contributed by atoms with Crippen LogP contribution in [0.4, 0.5) is 0 Å². The van der Waals surface area contributed by atoms with Crippen LogP contribution >= 0.6 is 0 Å². The first kappa shape index (κ1) is 10.3. The number of hydrogen-bond donors (Lipinski definition) is 2. The average Bonchev–Trinajstić information content (AvgIpc) is 2.31. The minimum Gasteiger partial charge on any atom is -0.417 e. The number of H-pyrrole nitrogens is 2. The molecule has 90 valence electrons. The molecule has 8 heteroatoms. The van der Waals surface area contributed by atoms with E-state index in [9.17, 15) is 19.2 Å². The largest absolute Gasteiger partial charge is 0.417 e. The molecule has 0 atom stereocenters. The van der Waals surface area contributed by atoms with Crippen LogP contribution in [0.3, 0.4) is 0 Å². The molecule has 2 aromatic heterocycles. The molecular weight excluding hydrogens is 244 g/mol. The summed E-state index contributed by atoms with van der Waals surface area (Å²) in [6.45, 7) is 0. The molecular formula is C10H4N2O6. The highest BCUT2D eigenvalue weighted by Gasteiger charge is 2.07. The molecule has 8 nitrogen and oxygen atoms in total. The van der Waals surface area contributed by atoms with Gasteiger partial charge in [-0.15, -0.1) is 0 Å². The van der Waals surface area contributed by atoms with Crippen molar-refractivity contribution in [3.63, 3.8) is 0 Å². The third-order valence-corrected chi connectivity index (χ3v) is 2.35. The second-order valence-corrected chi connectivity index (χ2v) is 3.53. The molecule has 3 aromatic rings. The normalized spacial score (nSPS) is 11.1. The third-order valence-electron chi connectivity index (χ3n) is 2.35. The van der Waals surface area contributed by atoms with Crippen LogP contribution in [0, 0.1) is 0 Å². The molecule has 0 bridgehead atoms. The van der Waals surface area contributed by atoms with Gasteiger partial charge in [-0.25, -0.2) is 9.59 Å². The zero-order valence-electron chi connectivity index (χ0n) is 8.60. The minimum absolute atomic E-state index is 0.0438. The average molecular weight is 248 g/mol. The van der Waals surface area contributed by atoms with Crippen molar-refractivity contribution in [1.29, 1.82) is 0 Å².